The number of anilines is 3. The highest BCUT2D eigenvalue weighted by atomic mass is 19.1. The number of hydrogen-bond donors (Lipinski definition) is 0. The molecule has 208 valence electrons. The molecule has 5 rings (SSSR count). The van der Waals surface area contributed by atoms with E-state index in [2.05, 4.69) is 0 Å². The van der Waals surface area contributed by atoms with Gasteiger partial charge in [-0.3, -0.25) is 19.4 Å². The number of fused-ring (bicyclic) bond motifs is 1. The number of carbonyl (C=O) groups excluding carboxylic acids is 3. The van der Waals surface area contributed by atoms with Gasteiger partial charge in [0.15, 0.2) is 0 Å². The molecule has 1 saturated heterocycles. The number of piperidine rings is 1. The van der Waals surface area contributed by atoms with Crippen LogP contribution in [0, 0.1) is 22.9 Å². The zero-order valence-corrected chi connectivity index (χ0v) is 21.9. The molecule has 0 atom stereocenters. The Morgan fingerprint density at radius 1 is 0.900 bits per heavy atom. The van der Waals surface area contributed by atoms with Crippen LogP contribution in [0.4, 0.5) is 35.0 Å². The largest absolute Gasteiger partial charge is 0.469 e. The third-order valence-corrected chi connectivity index (χ3v) is 7.68. The number of halogens is 3. The van der Waals surface area contributed by atoms with Crippen LogP contribution in [0.2, 0.25) is 0 Å². The molecule has 2 aliphatic heterocycles. The summed E-state index contributed by atoms with van der Waals surface area (Å²) in [6.07, 6.45) is 0.511. The van der Waals surface area contributed by atoms with Gasteiger partial charge in [-0.05, 0) is 67.3 Å². The van der Waals surface area contributed by atoms with Crippen LogP contribution in [0.25, 0.3) is 0 Å². The van der Waals surface area contributed by atoms with Crippen molar-refractivity contribution in [2.45, 2.75) is 25.7 Å². The molecule has 0 spiro atoms. The number of methoxy groups -OCH3 is 1. The van der Waals surface area contributed by atoms with Crippen molar-refractivity contribution in [3.63, 3.8) is 0 Å². The molecule has 40 heavy (non-hydrogen) atoms. The molecular formula is C30H28F3N3O4. The van der Waals surface area contributed by atoms with Crippen molar-refractivity contribution >= 4 is 35.0 Å². The Balaban J connectivity index is 1.38. The molecule has 7 nitrogen and oxygen atoms in total. The highest BCUT2D eigenvalue weighted by molar-refractivity contribution is 6.03. The van der Waals surface area contributed by atoms with Crippen molar-refractivity contribution in [2.75, 3.05) is 36.5 Å². The lowest BCUT2D eigenvalue weighted by Gasteiger charge is -2.41. The van der Waals surface area contributed by atoms with Gasteiger partial charge in [-0.1, -0.05) is 24.3 Å². The maximum atomic E-state index is 14.9. The average molecular weight is 552 g/mol. The molecule has 2 heterocycles. The monoisotopic (exact) mass is 551 g/mol. The van der Waals surface area contributed by atoms with Crippen LogP contribution in [0.15, 0.2) is 66.7 Å². The SMILES string of the molecule is COC(=O)C1(CC(=O)N(c2cccc(F)c2)c2ccccc2F)CCN(C(=O)N2CCc3ccc(F)cc32)CC1. The summed E-state index contributed by atoms with van der Waals surface area (Å²) in [5.74, 6) is -2.96. The Hall–Kier alpha value is -4.34. The Morgan fingerprint density at radius 3 is 2.33 bits per heavy atom. The number of urea groups is 1. The van der Waals surface area contributed by atoms with E-state index in [4.69, 9.17) is 4.74 Å². The van der Waals surface area contributed by atoms with Crippen LogP contribution in [-0.4, -0.2) is 49.6 Å². The predicted molar refractivity (Wildman–Crippen MR) is 143 cm³/mol. The van der Waals surface area contributed by atoms with Crippen molar-refractivity contribution in [3.05, 3.63) is 89.7 Å². The molecule has 1 fully saturated rings. The molecule has 0 N–H and O–H groups in total. The molecule has 0 saturated carbocycles. The van der Waals surface area contributed by atoms with E-state index >= 15 is 0 Å². The molecule has 0 radical (unpaired) electrons. The number of rotatable bonds is 5. The van der Waals surface area contributed by atoms with Gasteiger partial charge in [0.2, 0.25) is 5.91 Å². The maximum Gasteiger partial charge on any atom is 0.324 e. The topological polar surface area (TPSA) is 70.2 Å². The molecule has 0 bridgehead atoms. The van der Waals surface area contributed by atoms with Crippen molar-refractivity contribution in [2.24, 2.45) is 5.41 Å². The quantitative estimate of drug-likeness (QED) is 0.388. The summed E-state index contributed by atoms with van der Waals surface area (Å²) in [7, 11) is 1.23. The molecular weight excluding hydrogens is 523 g/mol. The number of nitrogens with zero attached hydrogens (tertiary/aromatic N) is 3. The molecule has 0 aliphatic carbocycles. The minimum atomic E-state index is -1.28. The number of carbonyl (C=O) groups is 3. The standard InChI is InChI=1S/C30H28F3N3O4/c1-40-28(38)30(12-15-34(16-13-30)29(39)35-14-11-20-9-10-22(32)18-26(20)35)19-27(37)36(23-6-4-5-21(31)17-23)25-8-3-2-7-24(25)33/h2-10,17-18H,11-16,19H2,1H3. The van der Waals surface area contributed by atoms with Crippen molar-refractivity contribution < 1.29 is 32.3 Å². The maximum absolute atomic E-state index is 14.9. The Kier molecular flexibility index (Phi) is 7.51. The first-order valence-electron chi connectivity index (χ1n) is 13.0. The number of ether oxygens (including phenoxy) is 1. The fourth-order valence-electron chi connectivity index (χ4n) is 5.55. The first-order valence-corrected chi connectivity index (χ1v) is 13.0. The summed E-state index contributed by atoms with van der Waals surface area (Å²) in [6, 6.07) is 14.9. The van der Waals surface area contributed by atoms with Gasteiger partial charge in [-0.25, -0.2) is 18.0 Å². The van der Waals surface area contributed by atoms with E-state index in [1.165, 1.54) is 60.5 Å². The molecule has 3 amide bonds. The van der Waals surface area contributed by atoms with Crippen molar-refractivity contribution in [1.29, 1.82) is 0 Å². The van der Waals surface area contributed by atoms with E-state index in [-0.39, 0.29) is 49.8 Å². The highest BCUT2D eigenvalue weighted by Crippen LogP contribution is 2.40. The molecule has 2 aliphatic rings. The normalized spacial score (nSPS) is 15.9. The summed E-state index contributed by atoms with van der Waals surface area (Å²) in [5.41, 5.74) is 0.162. The number of esters is 1. The van der Waals surface area contributed by atoms with Gasteiger partial charge >= 0.3 is 12.0 Å². The van der Waals surface area contributed by atoms with Gasteiger partial charge in [0.05, 0.1) is 29.6 Å². The lowest BCUT2D eigenvalue weighted by molar-refractivity contribution is -0.157. The van der Waals surface area contributed by atoms with Crippen LogP contribution >= 0.6 is 0 Å². The van der Waals surface area contributed by atoms with Crippen LogP contribution in [0.3, 0.4) is 0 Å². The van der Waals surface area contributed by atoms with Crippen LogP contribution < -0.4 is 9.80 Å². The third kappa shape index (κ3) is 5.13. The molecule has 3 aromatic carbocycles. The number of likely N-dealkylation sites (tertiary alicyclic amines) is 1. The summed E-state index contributed by atoms with van der Waals surface area (Å²) < 4.78 is 47.9. The number of benzene rings is 3. The van der Waals surface area contributed by atoms with E-state index in [1.807, 2.05) is 0 Å². The van der Waals surface area contributed by atoms with Gasteiger partial charge in [-0.15, -0.1) is 0 Å². The van der Waals surface area contributed by atoms with E-state index in [0.717, 1.165) is 16.5 Å². The number of para-hydroxylation sites is 1. The number of hydrogen-bond acceptors (Lipinski definition) is 4. The van der Waals surface area contributed by atoms with Crippen molar-refractivity contribution in [1.82, 2.24) is 4.90 Å². The van der Waals surface area contributed by atoms with Gasteiger partial charge in [0, 0.05) is 26.1 Å². The molecule has 10 heteroatoms. The second kappa shape index (κ2) is 11.0. The highest BCUT2D eigenvalue weighted by Gasteiger charge is 2.47. The van der Waals surface area contributed by atoms with Crippen LogP contribution in [0.1, 0.15) is 24.8 Å². The summed E-state index contributed by atoms with van der Waals surface area (Å²) in [4.78, 5) is 44.4. The fraction of sp³-hybridized carbons (Fsp3) is 0.300. The second-order valence-corrected chi connectivity index (χ2v) is 10.1. The lowest BCUT2D eigenvalue weighted by Crippen LogP contribution is -2.52. The summed E-state index contributed by atoms with van der Waals surface area (Å²) in [5, 5.41) is 0. The number of amides is 3. The summed E-state index contributed by atoms with van der Waals surface area (Å²) >= 11 is 0. The first kappa shape index (κ1) is 27.2. The second-order valence-electron chi connectivity index (χ2n) is 10.1. The summed E-state index contributed by atoms with van der Waals surface area (Å²) in [6.45, 7) is 0.726. The zero-order chi connectivity index (χ0) is 28.4. The predicted octanol–water partition coefficient (Wildman–Crippen LogP) is 5.60. The van der Waals surface area contributed by atoms with Gasteiger partial charge in [-0.2, -0.15) is 0 Å². The van der Waals surface area contributed by atoms with E-state index in [9.17, 15) is 27.6 Å². The van der Waals surface area contributed by atoms with E-state index < -0.39 is 34.7 Å². The zero-order valence-electron chi connectivity index (χ0n) is 21.9. The molecule has 0 aromatic heterocycles. The third-order valence-electron chi connectivity index (χ3n) is 7.68. The first-order chi connectivity index (χ1) is 19.2. The van der Waals surface area contributed by atoms with Crippen LogP contribution in [-0.2, 0) is 20.7 Å². The average Bonchev–Trinajstić information content (AvgIpc) is 3.37. The minimum Gasteiger partial charge on any atom is -0.469 e. The minimum absolute atomic E-state index is 0.0781. The Morgan fingerprint density at radius 2 is 1.62 bits per heavy atom. The van der Waals surface area contributed by atoms with E-state index in [1.54, 1.807) is 17.0 Å². The van der Waals surface area contributed by atoms with Gasteiger partial charge in [0.1, 0.15) is 17.5 Å². The fourth-order valence-corrected chi connectivity index (χ4v) is 5.55. The molecule has 0 unspecified atom stereocenters. The van der Waals surface area contributed by atoms with Crippen molar-refractivity contribution in [3.8, 4) is 0 Å². The van der Waals surface area contributed by atoms with Gasteiger partial charge < -0.3 is 9.64 Å². The van der Waals surface area contributed by atoms with Gasteiger partial charge in [0.25, 0.3) is 0 Å². The lowest BCUT2D eigenvalue weighted by atomic mass is 9.75. The molecule has 3 aromatic rings. The van der Waals surface area contributed by atoms with Crippen LogP contribution in [0.5, 0.6) is 0 Å². The van der Waals surface area contributed by atoms with E-state index in [0.29, 0.717) is 18.7 Å². The Bertz CT molecular complexity index is 1460. The Labute approximate surface area is 229 Å². The smallest absolute Gasteiger partial charge is 0.324 e.